The number of carbonyl (C=O) groups is 3. The maximum Gasteiger partial charge on any atom is 0.294 e. The highest BCUT2D eigenvalue weighted by molar-refractivity contribution is 8.18. The molecule has 134 valence electrons. The van der Waals surface area contributed by atoms with Gasteiger partial charge in [0.15, 0.2) is 11.5 Å². The third-order valence-electron chi connectivity index (χ3n) is 3.31. The molecule has 9 heteroatoms. The fourth-order valence-corrected chi connectivity index (χ4v) is 2.96. The number of methoxy groups -OCH3 is 2. The zero-order valence-electron chi connectivity index (χ0n) is 13.8. The first-order valence-electron chi connectivity index (χ1n) is 7.35. The Morgan fingerprint density at radius 2 is 2.00 bits per heavy atom. The lowest BCUT2D eigenvalue weighted by Crippen LogP contribution is -2.40. The molecule has 0 spiro atoms. The van der Waals surface area contributed by atoms with Crippen LogP contribution in [0.2, 0.25) is 0 Å². The van der Waals surface area contributed by atoms with Gasteiger partial charge >= 0.3 is 0 Å². The Hall–Kier alpha value is -2.52. The van der Waals surface area contributed by atoms with Gasteiger partial charge in [0.05, 0.1) is 25.7 Å². The van der Waals surface area contributed by atoms with E-state index in [1.54, 1.807) is 24.3 Å². The quantitative estimate of drug-likeness (QED) is 0.689. The summed E-state index contributed by atoms with van der Waals surface area (Å²) in [6, 6.07) is 5.10. The zero-order valence-corrected chi connectivity index (χ0v) is 14.6. The van der Waals surface area contributed by atoms with Crippen LogP contribution in [0.25, 0.3) is 6.08 Å². The van der Waals surface area contributed by atoms with E-state index in [0.717, 1.165) is 16.7 Å². The molecule has 1 aliphatic rings. The van der Waals surface area contributed by atoms with Crippen LogP contribution in [0.15, 0.2) is 23.1 Å². The van der Waals surface area contributed by atoms with Gasteiger partial charge in [-0.1, -0.05) is 6.07 Å². The average molecular weight is 366 g/mol. The molecule has 1 aromatic carbocycles. The third kappa shape index (κ3) is 4.52. The molecule has 0 bridgehead atoms. The van der Waals surface area contributed by atoms with Crippen LogP contribution in [0.3, 0.4) is 0 Å². The number of nitrogens with zero attached hydrogens (tertiary/aromatic N) is 1. The molecule has 0 aromatic heterocycles. The van der Waals surface area contributed by atoms with E-state index < -0.39 is 17.1 Å². The van der Waals surface area contributed by atoms with Gasteiger partial charge in [0.1, 0.15) is 6.54 Å². The predicted molar refractivity (Wildman–Crippen MR) is 92.3 cm³/mol. The van der Waals surface area contributed by atoms with Crippen molar-refractivity contribution in [1.82, 2.24) is 10.2 Å². The fraction of sp³-hybridized carbons (Fsp3) is 0.312. The van der Waals surface area contributed by atoms with Crippen molar-refractivity contribution in [1.29, 1.82) is 0 Å². The topological polar surface area (TPSA) is 105 Å². The summed E-state index contributed by atoms with van der Waals surface area (Å²) in [4.78, 5) is 37.0. The normalized spacial score (nSPS) is 15.6. The summed E-state index contributed by atoms with van der Waals surface area (Å²) in [5, 5.41) is 10.6. The number of aliphatic hydroxyl groups is 1. The Kier molecular flexibility index (Phi) is 6.43. The van der Waals surface area contributed by atoms with Crippen LogP contribution in [-0.4, -0.2) is 61.0 Å². The van der Waals surface area contributed by atoms with E-state index in [1.807, 2.05) is 0 Å². The predicted octanol–water partition coefficient (Wildman–Crippen LogP) is 0.849. The molecule has 1 saturated heterocycles. The molecule has 0 unspecified atom stereocenters. The van der Waals surface area contributed by atoms with Gasteiger partial charge in [-0.05, 0) is 35.5 Å². The second-order valence-electron chi connectivity index (χ2n) is 4.96. The summed E-state index contributed by atoms with van der Waals surface area (Å²) < 4.78 is 10.4. The molecular weight excluding hydrogens is 348 g/mol. The summed E-state index contributed by atoms with van der Waals surface area (Å²) in [7, 11) is 3.02. The molecule has 1 aromatic rings. The van der Waals surface area contributed by atoms with E-state index in [4.69, 9.17) is 14.6 Å². The summed E-state index contributed by atoms with van der Waals surface area (Å²) in [5.74, 6) is -0.000168. The highest BCUT2D eigenvalue weighted by atomic mass is 32.2. The van der Waals surface area contributed by atoms with Crippen molar-refractivity contribution in [2.75, 3.05) is 33.9 Å². The maximum absolute atomic E-state index is 12.3. The minimum Gasteiger partial charge on any atom is -0.493 e. The first-order valence-corrected chi connectivity index (χ1v) is 8.16. The van der Waals surface area contributed by atoms with E-state index in [2.05, 4.69) is 5.32 Å². The molecule has 0 radical (unpaired) electrons. The molecule has 2 N–H and O–H groups in total. The van der Waals surface area contributed by atoms with E-state index in [0.29, 0.717) is 17.1 Å². The standard InChI is InChI=1S/C16H18N2O6S/c1-23-11-4-3-10(7-12(11)24-2)8-13-15(21)18(16(22)25-13)9-14(20)17-5-6-19/h3-4,7-8,19H,5-6,9H2,1-2H3,(H,17,20). The number of benzene rings is 1. The first kappa shape index (κ1) is 18.8. The maximum atomic E-state index is 12.3. The molecule has 25 heavy (non-hydrogen) atoms. The number of nitrogens with one attached hydrogen (secondary N) is 1. The number of thioether (sulfide) groups is 1. The van der Waals surface area contributed by atoms with E-state index >= 15 is 0 Å². The second-order valence-corrected chi connectivity index (χ2v) is 5.95. The van der Waals surface area contributed by atoms with Gasteiger partial charge in [-0.15, -0.1) is 0 Å². The van der Waals surface area contributed by atoms with E-state index in [9.17, 15) is 14.4 Å². The summed E-state index contributed by atoms with van der Waals surface area (Å²) in [6.45, 7) is -0.530. The monoisotopic (exact) mass is 366 g/mol. The molecule has 0 aliphatic carbocycles. The Morgan fingerprint density at radius 1 is 1.28 bits per heavy atom. The van der Waals surface area contributed by atoms with Crippen LogP contribution < -0.4 is 14.8 Å². The van der Waals surface area contributed by atoms with Crippen molar-refractivity contribution in [3.8, 4) is 11.5 Å². The number of rotatable bonds is 7. The summed E-state index contributed by atoms with van der Waals surface area (Å²) in [5.41, 5.74) is 0.660. The first-order chi connectivity index (χ1) is 12.0. The minimum absolute atomic E-state index is 0.0660. The molecule has 3 amide bonds. The van der Waals surface area contributed by atoms with Crippen LogP contribution in [0.1, 0.15) is 5.56 Å². The van der Waals surface area contributed by atoms with Gasteiger partial charge in [-0.2, -0.15) is 0 Å². The largest absolute Gasteiger partial charge is 0.493 e. The lowest BCUT2D eigenvalue weighted by Gasteiger charge is -2.11. The minimum atomic E-state index is -0.538. The number of amides is 3. The number of hydrogen-bond acceptors (Lipinski definition) is 7. The summed E-state index contributed by atoms with van der Waals surface area (Å²) in [6.07, 6.45) is 1.55. The van der Waals surface area contributed by atoms with Crippen LogP contribution in [0.5, 0.6) is 11.5 Å². The Morgan fingerprint density at radius 3 is 2.64 bits per heavy atom. The number of hydrogen-bond donors (Lipinski definition) is 2. The van der Waals surface area contributed by atoms with Gasteiger partial charge in [-0.3, -0.25) is 19.3 Å². The lowest BCUT2D eigenvalue weighted by molar-refractivity contribution is -0.129. The van der Waals surface area contributed by atoms with Crippen LogP contribution in [-0.2, 0) is 9.59 Å². The van der Waals surface area contributed by atoms with Crippen molar-refractivity contribution in [3.63, 3.8) is 0 Å². The van der Waals surface area contributed by atoms with Crippen molar-refractivity contribution in [2.45, 2.75) is 0 Å². The Balaban J connectivity index is 2.15. The molecule has 0 saturated carbocycles. The van der Waals surface area contributed by atoms with Crippen LogP contribution >= 0.6 is 11.8 Å². The Labute approximate surface area is 148 Å². The molecule has 1 fully saturated rings. The average Bonchev–Trinajstić information content (AvgIpc) is 2.87. The third-order valence-corrected chi connectivity index (χ3v) is 4.22. The number of ether oxygens (including phenoxy) is 2. The summed E-state index contributed by atoms with van der Waals surface area (Å²) >= 11 is 0.763. The SMILES string of the molecule is COc1ccc(C=C2SC(=O)N(CC(=O)NCCO)C2=O)cc1OC. The highest BCUT2D eigenvalue weighted by Gasteiger charge is 2.36. The smallest absolute Gasteiger partial charge is 0.294 e. The fourth-order valence-electron chi connectivity index (χ4n) is 2.13. The van der Waals surface area contributed by atoms with E-state index in [-0.39, 0.29) is 24.6 Å². The molecular formula is C16H18N2O6S. The zero-order chi connectivity index (χ0) is 18.4. The van der Waals surface area contributed by atoms with Crippen LogP contribution in [0, 0.1) is 0 Å². The molecule has 1 heterocycles. The van der Waals surface area contributed by atoms with Crippen molar-refractivity contribution in [2.24, 2.45) is 0 Å². The van der Waals surface area contributed by atoms with Gasteiger partial charge in [0.25, 0.3) is 11.1 Å². The molecule has 0 atom stereocenters. The van der Waals surface area contributed by atoms with Gasteiger partial charge in [0, 0.05) is 6.54 Å². The van der Waals surface area contributed by atoms with Crippen molar-refractivity contribution >= 4 is 34.9 Å². The number of carbonyl (C=O) groups excluding carboxylic acids is 3. The molecule has 8 nitrogen and oxygen atoms in total. The van der Waals surface area contributed by atoms with Crippen LogP contribution in [0.4, 0.5) is 4.79 Å². The number of aliphatic hydroxyl groups excluding tert-OH is 1. The van der Waals surface area contributed by atoms with Gasteiger partial charge in [0.2, 0.25) is 5.91 Å². The molecule has 1 aliphatic heterocycles. The van der Waals surface area contributed by atoms with Crippen molar-refractivity contribution < 1.29 is 29.0 Å². The van der Waals surface area contributed by atoms with Crippen molar-refractivity contribution in [3.05, 3.63) is 28.7 Å². The van der Waals surface area contributed by atoms with E-state index in [1.165, 1.54) is 14.2 Å². The van der Waals surface area contributed by atoms with Gasteiger partial charge < -0.3 is 19.9 Å². The highest BCUT2D eigenvalue weighted by Crippen LogP contribution is 2.34. The number of imide groups is 1. The molecule has 2 rings (SSSR count). The lowest BCUT2D eigenvalue weighted by atomic mass is 10.2. The second kappa shape index (κ2) is 8.54. The Bertz CT molecular complexity index is 719. The van der Waals surface area contributed by atoms with Gasteiger partial charge in [-0.25, -0.2) is 0 Å².